The van der Waals surface area contributed by atoms with Crippen LogP contribution in [0.5, 0.6) is 0 Å². The lowest BCUT2D eigenvalue weighted by Gasteiger charge is -2.24. The van der Waals surface area contributed by atoms with E-state index in [1.165, 1.54) is 30.8 Å². The summed E-state index contributed by atoms with van der Waals surface area (Å²) < 4.78 is 4.22. The van der Waals surface area contributed by atoms with Gasteiger partial charge >= 0.3 is 0 Å². The molecule has 5 nitrogen and oxygen atoms in total. The summed E-state index contributed by atoms with van der Waals surface area (Å²) in [6, 6.07) is 0. The zero-order valence-corrected chi connectivity index (χ0v) is 8.18. The highest BCUT2D eigenvalue weighted by Crippen LogP contribution is 2.20. The van der Waals surface area contributed by atoms with Crippen molar-refractivity contribution in [3.8, 4) is 0 Å². The Morgan fingerprint density at radius 2 is 2.08 bits per heavy atom. The Hall–Kier alpha value is -0.880. The van der Waals surface area contributed by atoms with Gasteiger partial charge in [-0.3, -0.25) is 5.43 Å². The average Bonchev–Trinajstić information content (AvgIpc) is 2.67. The van der Waals surface area contributed by atoms with Gasteiger partial charge in [0, 0.05) is 24.6 Å². The number of rotatable bonds is 2. The number of nitrogens with zero attached hydrogens (tertiary/aromatic N) is 3. The molecule has 0 atom stereocenters. The van der Waals surface area contributed by atoms with Crippen molar-refractivity contribution in [3.63, 3.8) is 0 Å². The van der Waals surface area contributed by atoms with Crippen molar-refractivity contribution in [1.82, 2.24) is 9.36 Å². The first-order valence-corrected chi connectivity index (χ1v) is 5.23. The van der Waals surface area contributed by atoms with E-state index >= 15 is 0 Å². The highest BCUT2D eigenvalue weighted by atomic mass is 32.1. The maximum atomic E-state index is 5.23. The SMILES string of the molecule is NNc1nc(N2CCCCC2)ns1. The fraction of sp³-hybridized carbons (Fsp3) is 0.714. The summed E-state index contributed by atoms with van der Waals surface area (Å²) in [4.78, 5) is 6.46. The summed E-state index contributed by atoms with van der Waals surface area (Å²) in [6.07, 6.45) is 3.80. The highest BCUT2D eigenvalue weighted by Gasteiger charge is 2.14. The third-order valence-corrected chi connectivity index (χ3v) is 2.81. The van der Waals surface area contributed by atoms with E-state index in [1.807, 2.05) is 0 Å². The first-order valence-electron chi connectivity index (χ1n) is 4.45. The van der Waals surface area contributed by atoms with Gasteiger partial charge in [0.25, 0.3) is 0 Å². The van der Waals surface area contributed by atoms with Gasteiger partial charge < -0.3 is 4.90 Å². The Morgan fingerprint density at radius 1 is 1.31 bits per heavy atom. The molecule has 0 aliphatic carbocycles. The normalized spacial score (nSPS) is 17.5. The van der Waals surface area contributed by atoms with Crippen LogP contribution in [0.15, 0.2) is 0 Å². The number of nitrogen functional groups attached to an aromatic ring is 1. The van der Waals surface area contributed by atoms with E-state index in [0.29, 0.717) is 5.13 Å². The largest absolute Gasteiger partial charge is 0.340 e. The molecule has 1 aromatic heterocycles. The molecule has 2 heterocycles. The molecule has 0 unspecified atom stereocenters. The molecular formula is C7H13N5S. The second-order valence-corrected chi connectivity index (χ2v) is 3.84. The summed E-state index contributed by atoms with van der Waals surface area (Å²) in [5.41, 5.74) is 2.50. The van der Waals surface area contributed by atoms with Crippen LogP contribution in [0.25, 0.3) is 0 Å². The lowest BCUT2D eigenvalue weighted by Crippen LogP contribution is -2.30. The lowest BCUT2D eigenvalue weighted by atomic mass is 10.1. The Kier molecular flexibility index (Phi) is 2.60. The third-order valence-electron chi connectivity index (χ3n) is 2.18. The Bertz CT molecular complexity index is 268. The Balaban J connectivity index is 2.05. The van der Waals surface area contributed by atoms with Crippen LogP contribution in [-0.4, -0.2) is 22.4 Å². The van der Waals surface area contributed by atoms with Crippen LogP contribution in [-0.2, 0) is 0 Å². The molecule has 3 N–H and O–H groups in total. The van der Waals surface area contributed by atoms with Crippen LogP contribution in [0.1, 0.15) is 19.3 Å². The maximum Gasteiger partial charge on any atom is 0.239 e. The second kappa shape index (κ2) is 3.89. The van der Waals surface area contributed by atoms with Crippen molar-refractivity contribution < 1.29 is 0 Å². The zero-order valence-electron chi connectivity index (χ0n) is 7.36. The van der Waals surface area contributed by atoms with Crippen LogP contribution in [0, 0.1) is 0 Å². The molecule has 6 heteroatoms. The number of nitrogens with one attached hydrogen (secondary N) is 1. The van der Waals surface area contributed by atoms with Crippen molar-refractivity contribution in [3.05, 3.63) is 0 Å². The molecule has 0 aromatic carbocycles. The van der Waals surface area contributed by atoms with Crippen molar-refractivity contribution >= 4 is 22.6 Å². The topological polar surface area (TPSA) is 67.1 Å². The second-order valence-electron chi connectivity index (χ2n) is 3.09. The summed E-state index contributed by atoms with van der Waals surface area (Å²) in [5.74, 6) is 6.05. The van der Waals surface area contributed by atoms with Crippen LogP contribution in [0.2, 0.25) is 0 Å². The molecule has 0 radical (unpaired) electrons. The molecular weight excluding hydrogens is 186 g/mol. The standard InChI is InChI=1S/C7H13N5S/c8-10-7-9-6(11-13-7)12-4-2-1-3-5-12/h1-5,8H2,(H,9,10,11). The number of hydrogen-bond donors (Lipinski definition) is 2. The van der Waals surface area contributed by atoms with E-state index in [9.17, 15) is 0 Å². The Labute approximate surface area is 81.1 Å². The molecule has 1 fully saturated rings. The van der Waals surface area contributed by atoms with E-state index in [-0.39, 0.29) is 0 Å². The summed E-state index contributed by atoms with van der Waals surface area (Å²) in [7, 11) is 0. The molecule has 1 aliphatic heterocycles. The molecule has 1 aromatic rings. The molecule has 0 bridgehead atoms. The minimum Gasteiger partial charge on any atom is -0.340 e. The van der Waals surface area contributed by atoms with Gasteiger partial charge in [-0.25, -0.2) is 5.84 Å². The third kappa shape index (κ3) is 1.89. The van der Waals surface area contributed by atoms with Gasteiger partial charge in [-0.15, -0.1) is 0 Å². The predicted molar refractivity (Wildman–Crippen MR) is 53.8 cm³/mol. The molecule has 1 aliphatic rings. The minimum absolute atomic E-state index is 0.681. The van der Waals surface area contributed by atoms with Crippen LogP contribution in [0.3, 0.4) is 0 Å². The van der Waals surface area contributed by atoms with Crippen LogP contribution < -0.4 is 16.2 Å². The highest BCUT2D eigenvalue weighted by molar-refractivity contribution is 7.09. The Morgan fingerprint density at radius 3 is 2.69 bits per heavy atom. The van der Waals surface area contributed by atoms with E-state index in [1.54, 1.807) is 0 Å². The van der Waals surface area contributed by atoms with Crippen molar-refractivity contribution in [2.75, 3.05) is 23.4 Å². The molecule has 0 spiro atoms. The number of nitrogens with two attached hydrogens (primary N) is 1. The van der Waals surface area contributed by atoms with Gasteiger partial charge in [0.2, 0.25) is 11.1 Å². The number of aromatic nitrogens is 2. The van der Waals surface area contributed by atoms with Crippen LogP contribution in [0.4, 0.5) is 11.1 Å². The van der Waals surface area contributed by atoms with E-state index < -0.39 is 0 Å². The van der Waals surface area contributed by atoms with E-state index in [4.69, 9.17) is 5.84 Å². The predicted octanol–water partition coefficient (Wildman–Crippen LogP) is 0.814. The smallest absolute Gasteiger partial charge is 0.239 e. The summed E-state index contributed by atoms with van der Waals surface area (Å²) in [5, 5.41) is 0.681. The molecule has 0 amide bonds. The number of hydrazine groups is 1. The quantitative estimate of drug-likeness (QED) is 0.545. The first kappa shape index (κ1) is 8.71. The number of hydrogen-bond acceptors (Lipinski definition) is 6. The van der Waals surface area contributed by atoms with Gasteiger partial charge in [0.05, 0.1) is 0 Å². The number of anilines is 2. The van der Waals surface area contributed by atoms with Crippen molar-refractivity contribution in [1.29, 1.82) is 0 Å². The molecule has 0 saturated carbocycles. The molecule has 13 heavy (non-hydrogen) atoms. The minimum atomic E-state index is 0.681. The first-order chi connectivity index (χ1) is 6.40. The fourth-order valence-electron chi connectivity index (χ4n) is 1.50. The van der Waals surface area contributed by atoms with Gasteiger partial charge in [-0.2, -0.15) is 9.36 Å². The molecule has 72 valence electrons. The maximum absolute atomic E-state index is 5.23. The van der Waals surface area contributed by atoms with Gasteiger partial charge in [0.15, 0.2) is 0 Å². The summed E-state index contributed by atoms with van der Waals surface area (Å²) in [6.45, 7) is 2.14. The van der Waals surface area contributed by atoms with Crippen molar-refractivity contribution in [2.45, 2.75) is 19.3 Å². The van der Waals surface area contributed by atoms with E-state index in [0.717, 1.165) is 19.0 Å². The van der Waals surface area contributed by atoms with Gasteiger partial charge in [-0.05, 0) is 19.3 Å². The number of piperidine rings is 1. The van der Waals surface area contributed by atoms with Crippen LogP contribution >= 0.6 is 11.5 Å². The monoisotopic (exact) mass is 199 g/mol. The molecule has 2 rings (SSSR count). The van der Waals surface area contributed by atoms with Gasteiger partial charge in [0.1, 0.15) is 0 Å². The van der Waals surface area contributed by atoms with Crippen molar-refractivity contribution in [2.24, 2.45) is 5.84 Å². The average molecular weight is 199 g/mol. The van der Waals surface area contributed by atoms with Gasteiger partial charge in [-0.1, -0.05) is 0 Å². The lowest BCUT2D eigenvalue weighted by molar-refractivity contribution is 0.570. The zero-order chi connectivity index (χ0) is 9.10. The fourth-order valence-corrected chi connectivity index (χ4v) is 2.00. The molecule has 1 saturated heterocycles. The van der Waals surface area contributed by atoms with E-state index in [2.05, 4.69) is 19.7 Å². The summed E-state index contributed by atoms with van der Waals surface area (Å²) >= 11 is 1.30.